The molecule has 2 aromatic rings. The van der Waals surface area contributed by atoms with Crippen LogP contribution in [0.25, 0.3) is 0 Å². The summed E-state index contributed by atoms with van der Waals surface area (Å²) in [6.45, 7) is 0.806. The van der Waals surface area contributed by atoms with Gasteiger partial charge in [0.2, 0.25) is 0 Å². The summed E-state index contributed by atoms with van der Waals surface area (Å²) in [5.74, 6) is 0. The quantitative estimate of drug-likeness (QED) is 0.680. The maximum absolute atomic E-state index is 12.5. The first kappa shape index (κ1) is 14.8. The number of hydrogen-bond donors (Lipinski definition) is 1. The van der Waals surface area contributed by atoms with Crippen LogP contribution in [-0.2, 0) is 12.7 Å². The molecule has 6 nitrogen and oxygen atoms in total. The van der Waals surface area contributed by atoms with Gasteiger partial charge < -0.3 is 9.88 Å². The van der Waals surface area contributed by atoms with E-state index in [2.05, 4.69) is 10.3 Å². The molecule has 112 valence electrons. The Morgan fingerprint density at radius 3 is 2.71 bits per heavy atom. The van der Waals surface area contributed by atoms with Gasteiger partial charge in [-0.15, -0.1) is 0 Å². The van der Waals surface area contributed by atoms with Gasteiger partial charge in [0.25, 0.3) is 5.69 Å². The molecule has 0 bridgehead atoms. The number of aromatic nitrogens is 2. The standard InChI is InChI=1S/C12H11F3N4O2/c13-12(14,15)9-1-2-10(11(7-9)19(20)21)17-4-6-18-5-3-16-8-18/h1-3,5,7-8,17H,4,6H2. The molecular weight excluding hydrogens is 289 g/mol. The van der Waals surface area contributed by atoms with Crippen molar-refractivity contribution >= 4 is 11.4 Å². The Bertz CT molecular complexity index is 626. The van der Waals surface area contributed by atoms with Crippen LogP contribution in [0.4, 0.5) is 24.5 Å². The third-order valence-corrected chi connectivity index (χ3v) is 2.77. The number of imidazole rings is 1. The second-order valence-electron chi connectivity index (χ2n) is 4.21. The van der Waals surface area contributed by atoms with Crippen molar-refractivity contribution in [2.75, 3.05) is 11.9 Å². The first-order valence-electron chi connectivity index (χ1n) is 5.93. The largest absolute Gasteiger partial charge is 0.416 e. The van der Waals surface area contributed by atoms with Crippen LogP contribution in [0.15, 0.2) is 36.9 Å². The molecule has 1 N–H and O–H groups in total. The van der Waals surface area contributed by atoms with Gasteiger partial charge in [0.15, 0.2) is 0 Å². The van der Waals surface area contributed by atoms with E-state index in [-0.39, 0.29) is 5.69 Å². The molecule has 2 rings (SSSR count). The van der Waals surface area contributed by atoms with Crippen molar-refractivity contribution in [2.24, 2.45) is 0 Å². The molecule has 0 saturated carbocycles. The molecule has 0 unspecified atom stereocenters. The summed E-state index contributed by atoms with van der Waals surface area (Å²) < 4.78 is 39.4. The van der Waals surface area contributed by atoms with E-state index in [9.17, 15) is 23.3 Å². The summed E-state index contributed by atoms with van der Waals surface area (Å²) in [5, 5.41) is 13.6. The number of nitrogens with zero attached hydrogens (tertiary/aromatic N) is 3. The van der Waals surface area contributed by atoms with Gasteiger partial charge in [-0.2, -0.15) is 13.2 Å². The monoisotopic (exact) mass is 300 g/mol. The Morgan fingerprint density at radius 2 is 2.14 bits per heavy atom. The zero-order valence-electron chi connectivity index (χ0n) is 10.7. The van der Waals surface area contributed by atoms with Crippen molar-refractivity contribution in [3.8, 4) is 0 Å². The average Bonchev–Trinajstić information content (AvgIpc) is 2.90. The van der Waals surface area contributed by atoms with E-state index in [1.54, 1.807) is 23.3 Å². The highest BCUT2D eigenvalue weighted by Crippen LogP contribution is 2.34. The smallest absolute Gasteiger partial charge is 0.378 e. The second-order valence-corrected chi connectivity index (χ2v) is 4.21. The molecular formula is C12H11F3N4O2. The number of hydrogen-bond acceptors (Lipinski definition) is 4. The predicted octanol–water partition coefficient (Wildman–Crippen LogP) is 2.92. The molecule has 9 heteroatoms. The van der Waals surface area contributed by atoms with Crippen LogP contribution >= 0.6 is 0 Å². The highest BCUT2D eigenvalue weighted by atomic mass is 19.4. The first-order valence-corrected chi connectivity index (χ1v) is 5.93. The highest BCUT2D eigenvalue weighted by molar-refractivity contribution is 5.62. The normalized spacial score (nSPS) is 11.4. The number of rotatable bonds is 5. The molecule has 0 aliphatic rings. The van der Waals surface area contributed by atoms with E-state index < -0.39 is 22.4 Å². The van der Waals surface area contributed by atoms with Crippen LogP contribution in [-0.4, -0.2) is 21.0 Å². The lowest BCUT2D eigenvalue weighted by Gasteiger charge is -2.10. The van der Waals surface area contributed by atoms with Crippen molar-refractivity contribution in [3.63, 3.8) is 0 Å². The fraction of sp³-hybridized carbons (Fsp3) is 0.250. The third-order valence-electron chi connectivity index (χ3n) is 2.77. The number of nitro groups is 1. The van der Waals surface area contributed by atoms with Crippen LogP contribution in [0.5, 0.6) is 0 Å². The molecule has 0 amide bonds. The predicted molar refractivity (Wildman–Crippen MR) is 68.8 cm³/mol. The van der Waals surface area contributed by atoms with Crippen molar-refractivity contribution in [3.05, 3.63) is 52.6 Å². The van der Waals surface area contributed by atoms with Crippen molar-refractivity contribution in [2.45, 2.75) is 12.7 Å². The molecule has 0 fully saturated rings. The SMILES string of the molecule is O=[N+]([O-])c1cc(C(F)(F)F)ccc1NCCn1ccnc1. The molecule has 0 saturated heterocycles. The Morgan fingerprint density at radius 1 is 1.38 bits per heavy atom. The minimum atomic E-state index is -4.61. The summed E-state index contributed by atoms with van der Waals surface area (Å²) in [6.07, 6.45) is 0.256. The van der Waals surface area contributed by atoms with E-state index in [1.165, 1.54) is 0 Å². The molecule has 1 aromatic heterocycles. The van der Waals surface area contributed by atoms with Gasteiger partial charge in [-0.1, -0.05) is 0 Å². The van der Waals surface area contributed by atoms with Crippen LogP contribution in [0.1, 0.15) is 5.56 Å². The van der Waals surface area contributed by atoms with E-state index >= 15 is 0 Å². The van der Waals surface area contributed by atoms with E-state index in [0.717, 1.165) is 12.1 Å². The average molecular weight is 300 g/mol. The number of benzene rings is 1. The molecule has 0 atom stereocenters. The fourth-order valence-corrected chi connectivity index (χ4v) is 1.75. The number of halogens is 3. The topological polar surface area (TPSA) is 73.0 Å². The molecule has 0 radical (unpaired) electrons. The summed E-state index contributed by atoms with van der Waals surface area (Å²) in [5.41, 5.74) is -1.60. The zero-order chi connectivity index (χ0) is 15.5. The summed E-state index contributed by atoms with van der Waals surface area (Å²) in [4.78, 5) is 13.9. The van der Waals surface area contributed by atoms with Crippen molar-refractivity contribution in [1.82, 2.24) is 9.55 Å². The van der Waals surface area contributed by atoms with Crippen LogP contribution in [0.3, 0.4) is 0 Å². The Labute approximate surface area is 117 Å². The minimum Gasteiger partial charge on any atom is -0.378 e. The van der Waals surface area contributed by atoms with Gasteiger partial charge in [-0.25, -0.2) is 4.98 Å². The van der Waals surface area contributed by atoms with Gasteiger partial charge in [-0.05, 0) is 12.1 Å². The number of alkyl halides is 3. The zero-order valence-corrected chi connectivity index (χ0v) is 10.7. The van der Waals surface area contributed by atoms with E-state index in [4.69, 9.17) is 0 Å². The fourth-order valence-electron chi connectivity index (χ4n) is 1.75. The van der Waals surface area contributed by atoms with Gasteiger partial charge in [0.05, 0.1) is 16.8 Å². The van der Waals surface area contributed by atoms with Gasteiger partial charge in [0, 0.05) is 31.5 Å². The lowest BCUT2D eigenvalue weighted by Crippen LogP contribution is -2.12. The van der Waals surface area contributed by atoms with E-state index in [0.29, 0.717) is 19.2 Å². The number of nitrogens with one attached hydrogen (secondary N) is 1. The third kappa shape index (κ3) is 3.71. The molecule has 1 heterocycles. The Balaban J connectivity index is 2.13. The van der Waals surface area contributed by atoms with Gasteiger partial charge in [-0.3, -0.25) is 10.1 Å². The summed E-state index contributed by atoms with van der Waals surface area (Å²) in [7, 11) is 0. The lowest BCUT2D eigenvalue weighted by molar-refractivity contribution is -0.384. The molecule has 21 heavy (non-hydrogen) atoms. The minimum absolute atomic E-state index is 0.0492. The molecule has 1 aromatic carbocycles. The molecule has 0 aliphatic heterocycles. The van der Waals surface area contributed by atoms with Crippen LogP contribution in [0, 0.1) is 10.1 Å². The second kappa shape index (κ2) is 5.81. The Hall–Kier alpha value is -2.58. The maximum atomic E-state index is 12.5. The van der Waals surface area contributed by atoms with Crippen molar-refractivity contribution < 1.29 is 18.1 Å². The maximum Gasteiger partial charge on any atom is 0.416 e. The molecule has 0 spiro atoms. The summed E-state index contributed by atoms with van der Waals surface area (Å²) >= 11 is 0. The lowest BCUT2D eigenvalue weighted by atomic mass is 10.1. The van der Waals surface area contributed by atoms with E-state index in [1.807, 2.05) is 0 Å². The first-order chi connectivity index (χ1) is 9.88. The number of anilines is 1. The van der Waals surface area contributed by atoms with Gasteiger partial charge >= 0.3 is 6.18 Å². The highest BCUT2D eigenvalue weighted by Gasteiger charge is 2.32. The number of nitro benzene ring substituents is 1. The summed E-state index contributed by atoms with van der Waals surface area (Å²) in [6, 6.07) is 2.40. The van der Waals surface area contributed by atoms with Crippen molar-refractivity contribution in [1.29, 1.82) is 0 Å². The Kier molecular flexibility index (Phi) is 4.10. The molecule has 0 aliphatic carbocycles. The van der Waals surface area contributed by atoms with Gasteiger partial charge in [0.1, 0.15) is 5.69 Å². The van der Waals surface area contributed by atoms with Crippen LogP contribution in [0.2, 0.25) is 0 Å². The van der Waals surface area contributed by atoms with Crippen LogP contribution < -0.4 is 5.32 Å².